The van der Waals surface area contributed by atoms with Gasteiger partial charge in [0, 0.05) is 18.0 Å². The number of pyridine rings is 2. The molecule has 0 radical (unpaired) electrons. The molecule has 0 saturated carbocycles. The van der Waals surface area contributed by atoms with Crippen LogP contribution in [0.4, 0.5) is 0 Å². The molecule has 0 aromatic carbocycles. The van der Waals surface area contributed by atoms with E-state index in [-0.39, 0.29) is 28.5 Å². The van der Waals surface area contributed by atoms with E-state index in [0.717, 1.165) is 0 Å². The van der Waals surface area contributed by atoms with Crippen LogP contribution in [-0.2, 0) is 20.4 Å². The lowest BCUT2D eigenvalue weighted by Crippen LogP contribution is -2.02. The third-order valence-corrected chi connectivity index (χ3v) is 3.43. The van der Waals surface area contributed by atoms with E-state index in [0.29, 0.717) is 12.0 Å². The van der Waals surface area contributed by atoms with Gasteiger partial charge in [0.1, 0.15) is 11.4 Å². The number of nitrogens with zero attached hydrogens (tertiary/aromatic N) is 2. The minimum Gasteiger partial charge on any atom is -0.505 e. The van der Waals surface area contributed by atoms with E-state index in [2.05, 4.69) is 19.2 Å². The summed E-state index contributed by atoms with van der Waals surface area (Å²) in [6.45, 7) is 0.995. The van der Waals surface area contributed by atoms with Gasteiger partial charge in [-0.3, -0.25) is 24.7 Å². The van der Waals surface area contributed by atoms with Crippen molar-refractivity contribution in [3.63, 3.8) is 0 Å². The molecule has 0 spiro atoms. The zero-order valence-electron chi connectivity index (χ0n) is 14.0. The molecular weight excluding hydrogens is 365 g/mol. The van der Waals surface area contributed by atoms with E-state index in [1.807, 2.05) is 6.07 Å². The van der Waals surface area contributed by atoms with Crippen LogP contribution in [0.1, 0.15) is 27.3 Å². The first-order valence-corrected chi connectivity index (χ1v) is 8.59. The van der Waals surface area contributed by atoms with Crippen LogP contribution in [0.2, 0.25) is 0 Å². The predicted octanol–water partition coefficient (Wildman–Crippen LogP) is 1.57. The van der Waals surface area contributed by atoms with Crippen molar-refractivity contribution in [1.29, 1.82) is 5.41 Å². The fourth-order valence-electron chi connectivity index (χ4n) is 1.65. The maximum absolute atomic E-state index is 10.7. The highest BCUT2D eigenvalue weighted by atomic mass is 31.2. The number of ether oxygens (including phenoxy) is 1. The summed E-state index contributed by atoms with van der Waals surface area (Å²) >= 11 is 0. The summed E-state index contributed by atoms with van der Waals surface area (Å²) in [5.74, 6) is -0.220. The molecule has 0 aliphatic carbocycles. The Hall–Kier alpha value is -2.65. The topological polar surface area (TPSA) is 163 Å². The summed E-state index contributed by atoms with van der Waals surface area (Å²) in [5, 5.41) is 16.7. The summed E-state index contributed by atoms with van der Waals surface area (Å²) in [6.07, 6.45) is 3.22. The van der Waals surface area contributed by atoms with Crippen LogP contribution < -0.4 is 0 Å². The van der Waals surface area contributed by atoms with Crippen molar-refractivity contribution < 1.29 is 33.5 Å². The number of aromatic nitrogens is 2. The number of carbonyl (C=O) groups excluding carboxylic acids is 1. The number of aryl methyl sites for hydroxylation is 1. The van der Waals surface area contributed by atoms with Gasteiger partial charge in [-0.25, -0.2) is 4.57 Å². The fraction of sp³-hybridized carbons (Fsp3) is 0.200. The highest BCUT2D eigenvalue weighted by Crippen LogP contribution is 2.37. The Labute approximate surface area is 149 Å². The first-order valence-electron chi connectivity index (χ1n) is 7.06. The highest BCUT2D eigenvalue weighted by Gasteiger charge is 2.17. The second kappa shape index (κ2) is 9.73. The molecule has 0 unspecified atom stereocenters. The second-order valence-corrected chi connectivity index (χ2v) is 6.00. The van der Waals surface area contributed by atoms with Gasteiger partial charge in [0.2, 0.25) is 5.90 Å². The number of nitrogens with one attached hydrogen (secondary N) is 1. The van der Waals surface area contributed by atoms with Crippen LogP contribution in [0.3, 0.4) is 0 Å². The smallest absolute Gasteiger partial charge is 0.469 e. The first-order chi connectivity index (χ1) is 12.2. The van der Waals surface area contributed by atoms with Crippen LogP contribution in [0, 0.1) is 12.3 Å². The van der Waals surface area contributed by atoms with E-state index in [1.54, 1.807) is 18.3 Å². The highest BCUT2D eigenvalue weighted by molar-refractivity contribution is 7.46. The molecule has 0 fully saturated rings. The van der Waals surface area contributed by atoms with Gasteiger partial charge in [0.05, 0.1) is 25.0 Å². The lowest BCUT2D eigenvalue weighted by molar-refractivity contribution is 0.111. The van der Waals surface area contributed by atoms with Crippen molar-refractivity contribution in [2.45, 2.75) is 13.5 Å². The Bertz CT molecular complexity index is 808. The third kappa shape index (κ3) is 6.69. The minimum absolute atomic E-state index is 0.0825. The molecule has 0 saturated heterocycles. The molecule has 2 aromatic heterocycles. The maximum atomic E-state index is 10.7. The Kier molecular flexibility index (Phi) is 8.01. The molecule has 26 heavy (non-hydrogen) atoms. The van der Waals surface area contributed by atoms with Gasteiger partial charge >= 0.3 is 7.82 Å². The number of hydrogen-bond acceptors (Lipinski definition) is 8. The lowest BCUT2D eigenvalue weighted by atomic mass is 10.1. The van der Waals surface area contributed by atoms with Gasteiger partial charge in [-0.2, -0.15) is 0 Å². The number of phosphoric ester groups is 1. The van der Waals surface area contributed by atoms with Crippen LogP contribution in [0.15, 0.2) is 30.6 Å². The fourth-order valence-corrected chi connectivity index (χ4v) is 1.96. The van der Waals surface area contributed by atoms with Gasteiger partial charge in [-0.05, 0) is 19.1 Å². The minimum atomic E-state index is -4.61. The Morgan fingerprint density at radius 1 is 1.35 bits per heavy atom. The third-order valence-electron chi connectivity index (χ3n) is 2.97. The zero-order valence-corrected chi connectivity index (χ0v) is 14.9. The molecule has 0 aliphatic rings. The van der Waals surface area contributed by atoms with Crippen LogP contribution in [0.5, 0.6) is 5.75 Å². The van der Waals surface area contributed by atoms with E-state index in [4.69, 9.17) is 15.2 Å². The molecule has 0 bridgehead atoms. The van der Waals surface area contributed by atoms with Crippen molar-refractivity contribution in [3.05, 3.63) is 53.1 Å². The lowest BCUT2D eigenvalue weighted by Gasteiger charge is -2.09. The van der Waals surface area contributed by atoms with Crippen molar-refractivity contribution >= 4 is 20.0 Å². The average Bonchev–Trinajstić information content (AvgIpc) is 2.62. The molecule has 2 heterocycles. The molecule has 140 valence electrons. The molecule has 0 aliphatic heterocycles. The van der Waals surface area contributed by atoms with Gasteiger partial charge in [0.15, 0.2) is 6.29 Å². The van der Waals surface area contributed by atoms with Gasteiger partial charge in [-0.1, -0.05) is 6.07 Å². The monoisotopic (exact) mass is 383 g/mol. The Balaban J connectivity index is 0.000000289. The quantitative estimate of drug-likeness (QED) is 0.260. The van der Waals surface area contributed by atoms with Gasteiger partial charge in [-0.15, -0.1) is 0 Å². The Morgan fingerprint density at radius 3 is 2.54 bits per heavy atom. The molecule has 11 heteroatoms. The SMILES string of the molecule is COC(=N)c1ccccn1.Cc1ncc(COP(=O)(O)O)c(C=O)c1O. The van der Waals surface area contributed by atoms with Crippen LogP contribution >= 0.6 is 7.82 Å². The van der Waals surface area contributed by atoms with Crippen LogP contribution in [-0.4, -0.2) is 44.2 Å². The number of hydrogen-bond donors (Lipinski definition) is 4. The maximum Gasteiger partial charge on any atom is 0.469 e. The number of aromatic hydroxyl groups is 1. The van der Waals surface area contributed by atoms with Gasteiger partial charge in [0.25, 0.3) is 0 Å². The van der Waals surface area contributed by atoms with Crippen LogP contribution in [0.25, 0.3) is 0 Å². The van der Waals surface area contributed by atoms with E-state index in [1.165, 1.54) is 20.2 Å². The molecule has 4 N–H and O–H groups in total. The summed E-state index contributed by atoms with van der Waals surface area (Å²) in [7, 11) is -3.16. The van der Waals surface area contributed by atoms with E-state index in [9.17, 15) is 14.5 Å². The molecule has 0 atom stereocenters. The van der Waals surface area contributed by atoms with E-state index < -0.39 is 14.4 Å². The summed E-state index contributed by atoms with van der Waals surface area (Å²) in [4.78, 5) is 35.3. The van der Waals surface area contributed by atoms with Crippen molar-refractivity contribution in [2.75, 3.05) is 7.11 Å². The normalized spacial score (nSPS) is 10.5. The number of aldehydes is 1. The zero-order chi connectivity index (χ0) is 19.7. The first kappa shape index (κ1) is 21.4. The number of methoxy groups -OCH3 is 1. The summed E-state index contributed by atoms with van der Waals surface area (Å²) < 4.78 is 19.3. The Morgan fingerprint density at radius 2 is 2.04 bits per heavy atom. The molecule has 0 amide bonds. The molecular formula is C15H18N3O7P. The number of carbonyl (C=O) groups is 1. The summed E-state index contributed by atoms with van der Waals surface area (Å²) in [5.41, 5.74) is 0.842. The van der Waals surface area contributed by atoms with Crippen molar-refractivity contribution in [2.24, 2.45) is 0 Å². The average molecular weight is 383 g/mol. The van der Waals surface area contributed by atoms with Gasteiger partial charge < -0.3 is 19.6 Å². The van der Waals surface area contributed by atoms with Crippen molar-refractivity contribution in [3.8, 4) is 5.75 Å². The molecule has 10 nitrogen and oxygen atoms in total. The molecule has 2 rings (SSSR count). The largest absolute Gasteiger partial charge is 0.505 e. The standard InChI is InChI=1S/C8H10NO6P.C7H8N2O/c1-5-8(11)7(3-10)6(2-9-5)4-15-16(12,13)14;1-10-7(8)6-4-2-3-5-9-6/h2-3,11H,4H2,1H3,(H2,12,13,14);2-5,8H,1H3. The number of phosphoric acid groups is 1. The number of rotatable bonds is 5. The molecule has 2 aromatic rings. The summed E-state index contributed by atoms with van der Waals surface area (Å²) in [6, 6.07) is 5.34. The second-order valence-electron chi connectivity index (χ2n) is 4.76. The van der Waals surface area contributed by atoms with Crippen molar-refractivity contribution in [1.82, 2.24) is 9.97 Å². The van der Waals surface area contributed by atoms with E-state index >= 15 is 0 Å². The predicted molar refractivity (Wildman–Crippen MR) is 90.9 cm³/mol.